The first-order chi connectivity index (χ1) is 29.2. The second-order valence-corrected chi connectivity index (χ2v) is 17.5. The molecule has 11 heteroatoms. The molecule has 0 spiro atoms. The number of hydrogen-bond acceptors (Lipinski definition) is 10. The highest BCUT2D eigenvalue weighted by atomic mass is 16.7. The molecule has 0 aromatic carbocycles. The zero-order valence-electron chi connectivity index (χ0n) is 38.2. The summed E-state index contributed by atoms with van der Waals surface area (Å²) >= 11 is 0. The van der Waals surface area contributed by atoms with E-state index >= 15 is 0 Å². The van der Waals surface area contributed by atoms with Gasteiger partial charge in [-0.15, -0.1) is 0 Å². The summed E-state index contributed by atoms with van der Waals surface area (Å²) in [6.07, 6.45) is 32.6. The Hall–Kier alpha value is -1.41. The van der Waals surface area contributed by atoms with Gasteiger partial charge in [0.05, 0.1) is 25.4 Å². The van der Waals surface area contributed by atoms with Crippen molar-refractivity contribution >= 4 is 5.91 Å². The molecule has 0 saturated carbocycles. The van der Waals surface area contributed by atoms with Crippen molar-refractivity contribution in [2.24, 2.45) is 0 Å². The van der Waals surface area contributed by atoms with Gasteiger partial charge in [0, 0.05) is 0 Å². The first-order valence-electron chi connectivity index (χ1n) is 24.7. The van der Waals surface area contributed by atoms with Crippen molar-refractivity contribution in [1.29, 1.82) is 0 Å². The van der Waals surface area contributed by atoms with E-state index in [1.165, 1.54) is 128 Å². The molecule has 1 aliphatic heterocycles. The van der Waals surface area contributed by atoms with Crippen molar-refractivity contribution in [3.05, 3.63) is 24.3 Å². The Morgan fingerprint density at radius 2 is 0.983 bits per heavy atom. The zero-order valence-corrected chi connectivity index (χ0v) is 38.2. The molecule has 60 heavy (non-hydrogen) atoms. The number of carbonyl (C=O) groups is 1. The summed E-state index contributed by atoms with van der Waals surface area (Å²) in [5.74, 6) is -0.710. The largest absolute Gasteiger partial charge is 0.394 e. The standard InChI is InChI=1S/C49H93NO10/c1-3-5-7-9-11-13-14-15-16-17-18-19-20-21-22-23-24-25-26-27-29-31-33-35-37-42(53)48(58)50-40(39-59-49-47(57)46(56)45(55)43(38-51)60-49)44(54)41(52)36-34-32-30-28-12-10-8-6-4-2/h21-22,28,30,40-47,49,51-57H,3-20,23-27,29,31-39H2,1-2H3,(H,50,58)/b22-21-,30-28+. The van der Waals surface area contributed by atoms with Crippen LogP contribution in [0, 0.1) is 0 Å². The van der Waals surface area contributed by atoms with E-state index in [0.29, 0.717) is 12.8 Å². The first kappa shape index (κ1) is 56.6. The molecule has 9 unspecified atom stereocenters. The van der Waals surface area contributed by atoms with Crippen molar-refractivity contribution in [2.75, 3.05) is 13.2 Å². The minimum atomic E-state index is -1.67. The zero-order chi connectivity index (χ0) is 44.1. The Balaban J connectivity index is 2.31. The third kappa shape index (κ3) is 28.3. The van der Waals surface area contributed by atoms with Crippen molar-refractivity contribution < 1.29 is 50.0 Å². The minimum absolute atomic E-state index is 0.251. The lowest BCUT2D eigenvalue weighted by Crippen LogP contribution is -2.60. The molecule has 1 amide bonds. The van der Waals surface area contributed by atoms with Crippen LogP contribution in [0.5, 0.6) is 0 Å². The summed E-state index contributed by atoms with van der Waals surface area (Å²) in [6.45, 7) is 3.38. The van der Waals surface area contributed by atoms with Crippen LogP contribution in [0.1, 0.15) is 213 Å². The number of unbranched alkanes of at least 4 members (excludes halogenated alkanes) is 25. The quantitative estimate of drug-likeness (QED) is 0.0218. The predicted molar refractivity (Wildman–Crippen MR) is 242 cm³/mol. The highest BCUT2D eigenvalue weighted by molar-refractivity contribution is 5.80. The maximum atomic E-state index is 13.1. The number of nitrogens with one attached hydrogen (secondary N) is 1. The molecule has 0 aromatic heterocycles. The molecule has 9 atom stereocenters. The number of ether oxygens (including phenoxy) is 2. The monoisotopic (exact) mass is 856 g/mol. The van der Waals surface area contributed by atoms with Crippen LogP contribution in [0.3, 0.4) is 0 Å². The number of carbonyl (C=O) groups excluding carboxylic acids is 1. The van der Waals surface area contributed by atoms with E-state index in [1.54, 1.807) is 0 Å². The van der Waals surface area contributed by atoms with Gasteiger partial charge in [-0.2, -0.15) is 0 Å². The summed E-state index contributed by atoms with van der Waals surface area (Å²) in [4.78, 5) is 13.1. The van der Waals surface area contributed by atoms with Gasteiger partial charge in [0.15, 0.2) is 6.29 Å². The third-order valence-electron chi connectivity index (χ3n) is 12.0. The predicted octanol–water partition coefficient (Wildman–Crippen LogP) is 8.62. The van der Waals surface area contributed by atoms with Gasteiger partial charge >= 0.3 is 0 Å². The van der Waals surface area contributed by atoms with Gasteiger partial charge in [-0.1, -0.05) is 173 Å². The van der Waals surface area contributed by atoms with Crippen LogP contribution >= 0.6 is 0 Å². The van der Waals surface area contributed by atoms with Gasteiger partial charge in [-0.3, -0.25) is 4.79 Å². The molecule has 1 aliphatic rings. The van der Waals surface area contributed by atoms with Gasteiger partial charge < -0.3 is 50.5 Å². The molecular formula is C49H93NO10. The fourth-order valence-electron chi connectivity index (χ4n) is 7.85. The molecule has 1 rings (SSSR count). The Kier molecular flexibility index (Phi) is 37.0. The van der Waals surface area contributed by atoms with Crippen LogP contribution in [0.2, 0.25) is 0 Å². The topological polar surface area (TPSA) is 189 Å². The molecule has 1 fully saturated rings. The average molecular weight is 856 g/mol. The van der Waals surface area contributed by atoms with Crippen LogP contribution in [0.4, 0.5) is 0 Å². The van der Waals surface area contributed by atoms with E-state index in [2.05, 4.69) is 43.5 Å². The van der Waals surface area contributed by atoms with Crippen molar-refractivity contribution in [3.8, 4) is 0 Å². The van der Waals surface area contributed by atoms with E-state index < -0.39 is 74.2 Å². The molecule has 0 bridgehead atoms. The molecule has 354 valence electrons. The van der Waals surface area contributed by atoms with Gasteiger partial charge in [-0.25, -0.2) is 0 Å². The van der Waals surface area contributed by atoms with Gasteiger partial charge in [0.1, 0.15) is 36.6 Å². The van der Waals surface area contributed by atoms with E-state index in [4.69, 9.17) is 9.47 Å². The smallest absolute Gasteiger partial charge is 0.249 e. The van der Waals surface area contributed by atoms with E-state index in [0.717, 1.165) is 44.9 Å². The normalized spacial score (nSPS) is 21.8. The summed E-state index contributed by atoms with van der Waals surface area (Å²) in [5, 5.41) is 75.5. The molecule has 1 saturated heterocycles. The first-order valence-corrected chi connectivity index (χ1v) is 24.7. The summed E-state index contributed by atoms with van der Waals surface area (Å²) < 4.78 is 11.1. The van der Waals surface area contributed by atoms with Crippen LogP contribution in [-0.4, -0.2) is 110 Å². The van der Waals surface area contributed by atoms with Crippen LogP contribution in [0.15, 0.2) is 24.3 Å². The highest BCUT2D eigenvalue weighted by Crippen LogP contribution is 2.23. The second kappa shape index (κ2) is 39.2. The van der Waals surface area contributed by atoms with Crippen molar-refractivity contribution in [2.45, 2.75) is 268 Å². The molecule has 8 N–H and O–H groups in total. The van der Waals surface area contributed by atoms with Crippen molar-refractivity contribution in [1.82, 2.24) is 5.32 Å². The van der Waals surface area contributed by atoms with Crippen LogP contribution in [-0.2, 0) is 14.3 Å². The fraction of sp³-hybridized carbons (Fsp3) is 0.898. The average Bonchev–Trinajstić information content (AvgIpc) is 3.25. The number of allylic oxidation sites excluding steroid dienone is 4. The lowest BCUT2D eigenvalue weighted by molar-refractivity contribution is -0.303. The molecule has 1 heterocycles. The summed E-state index contributed by atoms with van der Waals surface area (Å²) in [5.41, 5.74) is 0. The van der Waals surface area contributed by atoms with E-state index in [-0.39, 0.29) is 12.8 Å². The highest BCUT2D eigenvalue weighted by Gasteiger charge is 2.44. The number of aliphatic hydroxyl groups is 7. The Morgan fingerprint density at radius 3 is 1.45 bits per heavy atom. The third-order valence-corrected chi connectivity index (χ3v) is 12.0. The van der Waals surface area contributed by atoms with Gasteiger partial charge in [0.2, 0.25) is 5.91 Å². The Bertz CT molecular complexity index is 1030. The molecule has 0 aromatic rings. The second-order valence-electron chi connectivity index (χ2n) is 17.5. The van der Waals surface area contributed by atoms with Crippen LogP contribution < -0.4 is 5.32 Å². The number of aliphatic hydroxyl groups excluding tert-OH is 7. The lowest BCUT2D eigenvalue weighted by atomic mass is 9.98. The summed E-state index contributed by atoms with van der Waals surface area (Å²) in [7, 11) is 0. The van der Waals surface area contributed by atoms with Crippen LogP contribution in [0.25, 0.3) is 0 Å². The fourth-order valence-corrected chi connectivity index (χ4v) is 7.85. The van der Waals surface area contributed by atoms with Gasteiger partial charge in [-0.05, 0) is 64.2 Å². The molecule has 0 radical (unpaired) electrons. The molecule has 11 nitrogen and oxygen atoms in total. The maximum absolute atomic E-state index is 13.1. The lowest BCUT2D eigenvalue weighted by Gasteiger charge is -2.40. The Labute approximate surface area is 365 Å². The van der Waals surface area contributed by atoms with Crippen molar-refractivity contribution in [3.63, 3.8) is 0 Å². The molecular weight excluding hydrogens is 763 g/mol. The number of hydrogen-bond donors (Lipinski definition) is 8. The Morgan fingerprint density at radius 1 is 0.567 bits per heavy atom. The minimum Gasteiger partial charge on any atom is -0.394 e. The number of amides is 1. The molecule has 0 aliphatic carbocycles. The SMILES string of the molecule is CCCCCC/C=C/CCCC(O)C(O)C(COC1OC(CO)C(O)C(O)C1O)NC(=O)C(O)CCCCCCCCCC/C=C\CCCCCCCCCCCCCC. The van der Waals surface area contributed by atoms with E-state index in [9.17, 15) is 40.5 Å². The maximum Gasteiger partial charge on any atom is 0.249 e. The summed E-state index contributed by atoms with van der Waals surface area (Å²) in [6, 6.07) is -1.18. The number of rotatable bonds is 41. The van der Waals surface area contributed by atoms with Gasteiger partial charge in [0.25, 0.3) is 0 Å². The van der Waals surface area contributed by atoms with E-state index in [1.807, 2.05) is 0 Å².